The summed E-state index contributed by atoms with van der Waals surface area (Å²) in [6, 6.07) is 0.495. The molecule has 0 bridgehead atoms. The molecule has 1 aliphatic carbocycles. The molecule has 0 aromatic heterocycles. The van der Waals surface area contributed by atoms with Crippen molar-refractivity contribution in [3.8, 4) is 0 Å². The molecule has 1 saturated carbocycles. The molecule has 0 radical (unpaired) electrons. The molecule has 2 heteroatoms. The summed E-state index contributed by atoms with van der Waals surface area (Å²) in [4.78, 5) is 0. The van der Waals surface area contributed by atoms with E-state index in [4.69, 9.17) is 4.74 Å². The van der Waals surface area contributed by atoms with Gasteiger partial charge in [-0.25, -0.2) is 0 Å². The Kier molecular flexibility index (Phi) is 5.67. The highest BCUT2D eigenvalue weighted by molar-refractivity contribution is 4.96. The predicted octanol–water partition coefficient (Wildman–Crippen LogP) is 4.00. The van der Waals surface area contributed by atoms with Crippen molar-refractivity contribution in [1.29, 1.82) is 0 Å². The van der Waals surface area contributed by atoms with Crippen LogP contribution in [0.2, 0.25) is 0 Å². The van der Waals surface area contributed by atoms with Gasteiger partial charge in [0.15, 0.2) is 0 Å². The number of ether oxygens (including phenoxy) is 1. The van der Waals surface area contributed by atoms with Crippen molar-refractivity contribution in [2.75, 3.05) is 14.2 Å². The lowest BCUT2D eigenvalue weighted by Gasteiger charge is -2.44. The first-order chi connectivity index (χ1) is 8.33. The van der Waals surface area contributed by atoms with Crippen LogP contribution < -0.4 is 5.32 Å². The first kappa shape index (κ1) is 16.0. The number of nitrogens with one attached hydrogen (secondary N) is 1. The minimum atomic E-state index is 0.0759. The highest BCUT2D eigenvalue weighted by Gasteiger charge is 2.40. The van der Waals surface area contributed by atoms with Crippen molar-refractivity contribution in [2.45, 2.75) is 77.9 Å². The van der Waals surface area contributed by atoms with E-state index in [2.05, 4.69) is 40.1 Å². The van der Waals surface area contributed by atoms with Gasteiger partial charge < -0.3 is 10.1 Å². The molecule has 1 rings (SSSR count). The van der Waals surface area contributed by atoms with Gasteiger partial charge in [0.2, 0.25) is 0 Å². The van der Waals surface area contributed by atoms with E-state index < -0.39 is 0 Å². The number of rotatable bonds is 5. The first-order valence-corrected chi connectivity index (χ1v) is 7.55. The van der Waals surface area contributed by atoms with Gasteiger partial charge in [-0.1, -0.05) is 27.7 Å². The second kappa shape index (κ2) is 6.38. The minimum absolute atomic E-state index is 0.0759. The maximum atomic E-state index is 5.98. The summed E-state index contributed by atoms with van der Waals surface area (Å²) >= 11 is 0. The van der Waals surface area contributed by atoms with Gasteiger partial charge in [0, 0.05) is 13.2 Å². The Morgan fingerprint density at radius 1 is 1.28 bits per heavy atom. The van der Waals surface area contributed by atoms with Gasteiger partial charge >= 0.3 is 0 Å². The maximum absolute atomic E-state index is 5.98. The summed E-state index contributed by atoms with van der Waals surface area (Å²) in [6.07, 6.45) is 7.49. The fraction of sp³-hybridized carbons (Fsp3) is 1.00. The summed E-state index contributed by atoms with van der Waals surface area (Å²) in [7, 11) is 3.99. The van der Waals surface area contributed by atoms with E-state index in [9.17, 15) is 0 Å². The molecule has 108 valence electrons. The summed E-state index contributed by atoms with van der Waals surface area (Å²) in [6.45, 7) is 9.33. The highest BCUT2D eigenvalue weighted by Crippen LogP contribution is 2.39. The highest BCUT2D eigenvalue weighted by atomic mass is 16.5. The molecule has 0 heterocycles. The van der Waals surface area contributed by atoms with Crippen molar-refractivity contribution in [1.82, 2.24) is 5.32 Å². The van der Waals surface area contributed by atoms with Crippen LogP contribution >= 0.6 is 0 Å². The molecular formula is C16H33NO. The lowest BCUT2D eigenvalue weighted by atomic mass is 9.73. The SMILES string of the molecule is CNC(CCC(C)(C)C)C1(OC)CCC(C)CC1. The van der Waals surface area contributed by atoms with Crippen LogP contribution in [-0.4, -0.2) is 25.8 Å². The molecular weight excluding hydrogens is 222 g/mol. The van der Waals surface area contributed by atoms with E-state index in [0.29, 0.717) is 11.5 Å². The Labute approximate surface area is 114 Å². The van der Waals surface area contributed by atoms with E-state index in [0.717, 1.165) is 5.92 Å². The molecule has 0 aromatic rings. The Hall–Kier alpha value is -0.0800. The normalized spacial score (nSPS) is 31.3. The lowest BCUT2D eigenvalue weighted by Crippen LogP contribution is -2.53. The number of hydrogen-bond donors (Lipinski definition) is 1. The van der Waals surface area contributed by atoms with Crippen molar-refractivity contribution < 1.29 is 4.74 Å². The predicted molar refractivity (Wildman–Crippen MR) is 78.9 cm³/mol. The molecule has 0 aromatic carbocycles. The third kappa shape index (κ3) is 4.24. The Balaban J connectivity index is 2.65. The molecule has 0 spiro atoms. The van der Waals surface area contributed by atoms with Gasteiger partial charge in [0.1, 0.15) is 0 Å². The fourth-order valence-corrected chi connectivity index (χ4v) is 3.19. The third-order valence-corrected chi connectivity index (χ3v) is 4.69. The van der Waals surface area contributed by atoms with Crippen LogP contribution in [0.3, 0.4) is 0 Å². The zero-order valence-electron chi connectivity index (χ0n) is 13.3. The van der Waals surface area contributed by atoms with Crippen LogP contribution in [0.5, 0.6) is 0 Å². The standard InChI is InChI=1S/C16H33NO/c1-13-7-11-16(18-6,12-8-13)14(17-5)9-10-15(2,3)4/h13-14,17H,7-12H2,1-6H3. The second-order valence-corrected chi connectivity index (χ2v) is 7.39. The quantitative estimate of drug-likeness (QED) is 0.802. The van der Waals surface area contributed by atoms with Crippen LogP contribution in [-0.2, 0) is 4.74 Å². The van der Waals surface area contributed by atoms with Gasteiger partial charge in [0.05, 0.1) is 5.60 Å². The van der Waals surface area contributed by atoms with Crippen molar-refractivity contribution in [3.63, 3.8) is 0 Å². The van der Waals surface area contributed by atoms with Crippen molar-refractivity contribution in [3.05, 3.63) is 0 Å². The molecule has 0 amide bonds. The Morgan fingerprint density at radius 2 is 1.83 bits per heavy atom. The fourth-order valence-electron chi connectivity index (χ4n) is 3.19. The van der Waals surface area contributed by atoms with Gasteiger partial charge in [-0.15, -0.1) is 0 Å². The molecule has 0 saturated heterocycles. The van der Waals surface area contributed by atoms with Crippen LogP contribution in [0.15, 0.2) is 0 Å². The van der Waals surface area contributed by atoms with Gasteiger partial charge in [-0.3, -0.25) is 0 Å². The zero-order valence-corrected chi connectivity index (χ0v) is 13.3. The average Bonchev–Trinajstić information content (AvgIpc) is 2.31. The van der Waals surface area contributed by atoms with E-state index in [1.807, 2.05) is 7.11 Å². The minimum Gasteiger partial charge on any atom is -0.377 e. The Morgan fingerprint density at radius 3 is 2.22 bits per heavy atom. The van der Waals surface area contributed by atoms with E-state index in [1.54, 1.807) is 0 Å². The molecule has 18 heavy (non-hydrogen) atoms. The van der Waals surface area contributed by atoms with E-state index in [-0.39, 0.29) is 5.60 Å². The number of hydrogen-bond acceptors (Lipinski definition) is 2. The largest absolute Gasteiger partial charge is 0.377 e. The molecule has 0 aliphatic heterocycles. The zero-order chi connectivity index (χ0) is 13.8. The van der Waals surface area contributed by atoms with Crippen molar-refractivity contribution in [2.24, 2.45) is 11.3 Å². The topological polar surface area (TPSA) is 21.3 Å². The van der Waals surface area contributed by atoms with Crippen molar-refractivity contribution >= 4 is 0 Å². The van der Waals surface area contributed by atoms with Crippen LogP contribution in [0, 0.1) is 11.3 Å². The summed E-state index contributed by atoms with van der Waals surface area (Å²) in [5, 5.41) is 3.53. The van der Waals surface area contributed by atoms with Gasteiger partial charge in [-0.05, 0) is 56.9 Å². The van der Waals surface area contributed by atoms with Gasteiger partial charge in [0.25, 0.3) is 0 Å². The number of likely N-dealkylation sites (N-methyl/N-ethyl adjacent to an activating group) is 1. The van der Waals surface area contributed by atoms with Crippen LogP contribution in [0.25, 0.3) is 0 Å². The third-order valence-electron chi connectivity index (χ3n) is 4.69. The maximum Gasteiger partial charge on any atom is 0.0831 e. The molecule has 1 unspecified atom stereocenters. The molecule has 1 atom stereocenters. The van der Waals surface area contributed by atoms with E-state index >= 15 is 0 Å². The number of methoxy groups -OCH3 is 1. The molecule has 1 aliphatic rings. The smallest absolute Gasteiger partial charge is 0.0831 e. The van der Waals surface area contributed by atoms with E-state index in [1.165, 1.54) is 38.5 Å². The Bertz CT molecular complexity index is 236. The van der Waals surface area contributed by atoms with Crippen LogP contribution in [0.4, 0.5) is 0 Å². The second-order valence-electron chi connectivity index (χ2n) is 7.39. The van der Waals surface area contributed by atoms with Gasteiger partial charge in [-0.2, -0.15) is 0 Å². The lowest BCUT2D eigenvalue weighted by molar-refractivity contribution is -0.0765. The molecule has 1 N–H and O–H groups in total. The summed E-state index contributed by atoms with van der Waals surface area (Å²) < 4.78 is 5.98. The summed E-state index contributed by atoms with van der Waals surface area (Å²) in [5.74, 6) is 0.869. The average molecular weight is 255 g/mol. The summed E-state index contributed by atoms with van der Waals surface area (Å²) in [5.41, 5.74) is 0.485. The van der Waals surface area contributed by atoms with Crippen LogP contribution in [0.1, 0.15) is 66.2 Å². The molecule has 1 fully saturated rings. The molecule has 2 nitrogen and oxygen atoms in total. The first-order valence-electron chi connectivity index (χ1n) is 7.55. The monoisotopic (exact) mass is 255 g/mol.